The van der Waals surface area contributed by atoms with E-state index in [0.29, 0.717) is 18.0 Å². The van der Waals surface area contributed by atoms with Gasteiger partial charge in [0, 0.05) is 12.1 Å². The molecule has 0 aromatic carbocycles. The Labute approximate surface area is 118 Å². The molecule has 2 aliphatic rings. The lowest BCUT2D eigenvalue weighted by atomic mass is 10.1. The third-order valence-electron chi connectivity index (χ3n) is 3.93. The van der Waals surface area contributed by atoms with Crippen LogP contribution in [-0.4, -0.2) is 66.6 Å². The summed E-state index contributed by atoms with van der Waals surface area (Å²) >= 11 is 0. The van der Waals surface area contributed by atoms with Gasteiger partial charge in [0.2, 0.25) is 0 Å². The monoisotopic (exact) mass is 291 g/mol. The van der Waals surface area contributed by atoms with Crippen molar-refractivity contribution in [3.63, 3.8) is 0 Å². The van der Waals surface area contributed by atoms with Crippen LogP contribution in [0.1, 0.15) is 5.56 Å². The summed E-state index contributed by atoms with van der Waals surface area (Å²) in [7, 11) is 0. The molecule has 2 aromatic heterocycles. The fraction of sp³-hybridized carbons (Fsp3) is 0.500. The molecule has 0 spiro atoms. The maximum Gasteiger partial charge on any atom is 0.187 e. The Morgan fingerprint density at radius 2 is 2.14 bits per heavy atom. The fourth-order valence-corrected chi connectivity index (χ4v) is 2.89. The van der Waals surface area contributed by atoms with Gasteiger partial charge in [0.15, 0.2) is 11.9 Å². The van der Waals surface area contributed by atoms with E-state index in [2.05, 4.69) is 20.2 Å². The third-order valence-corrected chi connectivity index (χ3v) is 3.93. The number of rotatable bonds is 2. The first kappa shape index (κ1) is 12.8. The van der Waals surface area contributed by atoms with Crippen LogP contribution >= 0.6 is 0 Å². The van der Waals surface area contributed by atoms with E-state index in [1.807, 2.05) is 0 Å². The van der Waals surface area contributed by atoms with Gasteiger partial charge in [-0.2, -0.15) is 5.10 Å². The van der Waals surface area contributed by atoms with Crippen LogP contribution in [0.25, 0.3) is 11.0 Å². The van der Waals surface area contributed by atoms with E-state index in [-0.39, 0.29) is 6.61 Å². The first-order valence-corrected chi connectivity index (χ1v) is 6.55. The van der Waals surface area contributed by atoms with Crippen LogP contribution in [0.3, 0.4) is 0 Å². The highest BCUT2D eigenvalue weighted by atomic mass is 16.6. The zero-order chi connectivity index (χ0) is 14.6. The predicted molar refractivity (Wildman–Crippen MR) is 69.1 cm³/mol. The van der Waals surface area contributed by atoms with Crippen LogP contribution in [0, 0.1) is 0 Å². The molecule has 0 saturated carbocycles. The van der Waals surface area contributed by atoms with E-state index < -0.39 is 24.5 Å². The van der Waals surface area contributed by atoms with E-state index >= 15 is 0 Å². The summed E-state index contributed by atoms with van der Waals surface area (Å²) in [5.41, 5.74) is 1.36. The quantitative estimate of drug-likeness (QED) is 0.586. The van der Waals surface area contributed by atoms with Crippen molar-refractivity contribution in [2.24, 2.45) is 0 Å². The summed E-state index contributed by atoms with van der Waals surface area (Å²) in [6.07, 6.45) is -0.892. The maximum absolute atomic E-state index is 10.2. The van der Waals surface area contributed by atoms with Crippen LogP contribution in [0.2, 0.25) is 0 Å². The molecule has 4 atom stereocenters. The van der Waals surface area contributed by atoms with Crippen LogP contribution in [0.4, 0.5) is 5.82 Å². The van der Waals surface area contributed by atoms with Gasteiger partial charge in [-0.05, 0) is 0 Å². The highest BCUT2D eigenvalue weighted by Gasteiger charge is 2.47. The van der Waals surface area contributed by atoms with Gasteiger partial charge in [-0.3, -0.25) is 0 Å². The van der Waals surface area contributed by atoms with Crippen molar-refractivity contribution < 1.29 is 20.1 Å². The summed E-state index contributed by atoms with van der Waals surface area (Å²) in [6, 6.07) is 0. The lowest BCUT2D eigenvalue weighted by Crippen LogP contribution is -2.43. The zero-order valence-corrected chi connectivity index (χ0v) is 10.9. The van der Waals surface area contributed by atoms with E-state index in [1.54, 1.807) is 11.1 Å². The molecular weight excluding hydrogens is 278 g/mol. The summed E-state index contributed by atoms with van der Waals surface area (Å²) in [5, 5.41) is 37.8. The van der Waals surface area contributed by atoms with Crippen molar-refractivity contribution in [3.8, 4) is 0 Å². The van der Waals surface area contributed by atoms with Crippen LogP contribution in [0.5, 0.6) is 0 Å². The van der Waals surface area contributed by atoms with E-state index in [0.717, 1.165) is 10.9 Å². The molecule has 0 bridgehead atoms. The molecular formula is C12H13N5O4. The standard InChI is InChI=1S/C12H13N5O4/c18-3-6-8(19)9(20)12(21-6)17-2-5-1-15-16-10-7(5)11(17)14-4-13-10/h1,4,6,8-9,12,18-20H,2-3H2/t6-,8-,9-,12-/m1/s1. The Hall–Kier alpha value is -1.94. The van der Waals surface area contributed by atoms with Crippen LogP contribution in [0.15, 0.2) is 12.5 Å². The van der Waals surface area contributed by atoms with Crippen molar-refractivity contribution in [1.82, 2.24) is 20.2 Å². The Morgan fingerprint density at radius 3 is 2.90 bits per heavy atom. The third kappa shape index (κ3) is 1.72. The number of anilines is 1. The number of aromatic nitrogens is 4. The Bertz CT molecular complexity index is 693. The van der Waals surface area contributed by atoms with Gasteiger partial charge in [0.1, 0.15) is 30.5 Å². The number of aliphatic hydroxyl groups excluding tert-OH is 3. The van der Waals surface area contributed by atoms with Gasteiger partial charge in [-0.25, -0.2) is 9.97 Å². The number of aliphatic hydroxyl groups is 3. The molecule has 0 aliphatic carbocycles. The average molecular weight is 291 g/mol. The van der Waals surface area contributed by atoms with Gasteiger partial charge < -0.3 is 25.0 Å². The highest BCUT2D eigenvalue weighted by Crippen LogP contribution is 2.37. The summed E-state index contributed by atoms with van der Waals surface area (Å²) in [4.78, 5) is 10.0. The minimum absolute atomic E-state index is 0.363. The Kier molecular flexibility index (Phi) is 2.76. The second-order valence-corrected chi connectivity index (χ2v) is 5.12. The van der Waals surface area contributed by atoms with Crippen molar-refractivity contribution in [1.29, 1.82) is 0 Å². The maximum atomic E-state index is 10.2. The minimum Gasteiger partial charge on any atom is -0.394 e. The van der Waals surface area contributed by atoms with Gasteiger partial charge >= 0.3 is 0 Å². The normalized spacial score (nSPS) is 31.3. The molecule has 1 fully saturated rings. The molecule has 3 N–H and O–H groups in total. The molecule has 0 unspecified atom stereocenters. The first-order chi connectivity index (χ1) is 10.2. The molecule has 4 heterocycles. The molecule has 4 rings (SSSR count). The molecule has 0 amide bonds. The predicted octanol–water partition coefficient (Wildman–Crippen LogP) is -1.82. The van der Waals surface area contributed by atoms with Gasteiger partial charge in [0.25, 0.3) is 0 Å². The molecule has 110 valence electrons. The lowest BCUT2D eigenvalue weighted by Gasteiger charge is -2.27. The van der Waals surface area contributed by atoms with Crippen molar-refractivity contribution >= 4 is 16.9 Å². The van der Waals surface area contributed by atoms with E-state index in [9.17, 15) is 15.3 Å². The summed E-state index contributed by atoms with van der Waals surface area (Å²) in [6.45, 7) is 0.0600. The summed E-state index contributed by atoms with van der Waals surface area (Å²) in [5.74, 6) is 0.583. The highest BCUT2D eigenvalue weighted by molar-refractivity contribution is 5.92. The fourth-order valence-electron chi connectivity index (χ4n) is 2.89. The van der Waals surface area contributed by atoms with Crippen LogP contribution in [-0.2, 0) is 11.3 Å². The largest absolute Gasteiger partial charge is 0.394 e. The van der Waals surface area contributed by atoms with Gasteiger partial charge in [-0.15, -0.1) is 5.10 Å². The first-order valence-electron chi connectivity index (χ1n) is 6.55. The molecule has 1 saturated heterocycles. The molecule has 9 heteroatoms. The smallest absolute Gasteiger partial charge is 0.187 e. The van der Waals surface area contributed by atoms with Gasteiger partial charge in [-0.1, -0.05) is 0 Å². The van der Waals surface area contributed by atoms with Crippen molar-refractivity contribution in [2.45, 2.75) is 31.1 Å². The number of hydrogen-bond acceptors (Lipinski definition) is 9. The number of nitrogens with zero attached hydrogens (tertiary/aromatic N) is 5. The Morgan fingerprint density at radius 1 is 1.29 bits per heavy atom. The molecule has 2 aliphatic heterocycles. The van der Waals surface area contributed by atoms with E-state index in [4.69, 9.17) is 4.74 Å². The molecule has 21 heavy (non-hydrogen) atoms. The van der Waals surface area contributed by atoms with Crippen molar-refractivity contribution in [2.75, 3.05) is 11.5 Å². The minimum atomic E-state index is -1.14. The van der Waals surface area contributed by atoms with Gasteiger partial charge in [0.05, 0.1) is 18.2 Å². The second-order valence-electron chi connectivity index (χ2n) is 5.12. The number of ether oxygens (including phenoxy) is 1. The molecule has 0 radical (unpaired) electrons. The SMILES string of the molecule is OC[C@H]1O[C@@H](N2Cc3cnnc4ncnc2c34)[C@H](O)[C@@H]1O. The summed E-state index contributed by atoms with van der Waals surface area (Å²) < 4.78 is 5.56. The van der Waals surface area contributed by atoms with E-state index in [1.165, 1.54) is 6.33 Å². The molecule has 9 nitrogen and oxygen atoms in total. The Balaban J connectivity index is 1.75. The zero-order valence-electron chi connectivity index (χ0n) is 10.9. The van der Waals surface area contributed by atoms with Crippen LogP contribution < -0.4 is 4.90 Å². The molecule has 2 aromatic rings. The average Bonchev–Trinajstić information content (AvgIpc) is 3.01. The topological polar surface area (TPSA) is 125 Å². The van der Waals surface area contributed by atoms with Crippen molar-refractivity contribution in [3.05, 3.63) is 18.1 Å². The second kappa shape index (κ2) is 4.53. The number of hydrogen-bond donors (Lipinski definition) is 3. The lowest BCUT2D eigenvalue weighted by molar-refractivity contribution is -0.0228.